The van der Waals surface area contributed by atoms with E-state index >= 15 is 0 Å². The van der Waals surface area contributed by atoms with Crippen LogP contribution in [0.25, 0.3) is 17.2 Å². The molecule has 1 atom stereocenters. The molecule has 46 heavy (non-hydrogen) atoms. The van der Waals surface area contributed by atoms with Crippen LogP contribution < -0.4 is 10.1 Å². The van der Waals surface area contributed by atoms with E-state index in [0.717, 1.165) is 49.7 Å². The second-order valence-electron chi connectivity index (χ2n) is 10.6. The summed E-state index contributed by atoms with van der Waals surface area (Å²) in [4.78, 5) is 17.4. The van der Waals surface area contributed by atoms with Gasteiger partial charge in [-0.05, 0) is 84.1 Å². The fourth-order valence-electron chi connectivity index (χ4n) is 4.62. The van der Waals surface area contributed by atoms with Gasteiger partial charge in [0.2, 0.25) is 5.91 Å². The molecule has 4 rings (SSSR count). The molecule has 1 aromatic heterocycles. The number of rotatable bonds is 16. The minimum absolute atomic E-state index is 0.141. The van der Waals surface area contributed by atoms with E-state index in [1.807, 2.05) is 4.57 Å². The molecule has 1 heterocycles. The molecule has 3 aromatic carbocycles. The zero-order valence-corrected chi connectivity index (χ0v) is 26.7. The highest BCUT2D eigenvalue weighted by Crippen LogP contribution is 2.35. The molecule has 1 amide bonds. The Kier molecular flexibility index (Phi) is 12.7. The number of ether oxygens (including phenoxy) is 2. The zero-order chi connectivity index (χ0) is 32.9. The Morgan fingerprint density at radius 2 is 1.70 bits per heavy atom. The van der Waals surface area contributed by atoms with Crippen LogP contribution in [0.3, 0.4) is 0 Å². The minimum Gasteiger partial charge on any atom is -0.491 e. The monoisotopic (exact) mass is 653 g/mol. The molecule has 0 fully saturated rings. The van der Waals surface area contributed by atoms with E-state index in [-0.39, 0.29) is 5.56 Å². The molecule has 0 aliphatic carbocycles. The molecule has 1 N–H and O–H groups in total. The first-order valence-electron chi connectivity index (χ1n) is 15.2. The van der Waals surface area contributed by atoms with Crippen LogP contribution in [0.4, 0.5) is 18.9 Å². The van der Waals surface area contributed by atoms with Crippen LogP contribution >= 0.6 is 0 Å². The van der Waals surface area contributed by atoms with Crippen molar-refractivity contribution in [1.82, 2.24) is 9.55 Å². The van der Waals surface area contributed by atoms with Crippen molar-refractivity contribution in [2.24, 2.45) is 0 Å². The number of carbonyl (C=O) groups is 1. The third kappa shape index (κ3) is 10.1. The molecule has 0 saturated carbocycles. The first-order chi connectivity index (χ1) is 22.2. The molecule has 0 unspecified atom stereocenters. The smallest absolute Gasteiger partial charge is 0.416 e. The Bertz CT molecular complexity index is 1620. The summed E-state index contributed by atoms with van der Waals surface area (Å²) in [6, 6.07) is 17.4. The van der Waals surface area contributed by atoms with E-state index in [1.165, 1.54) is 12.1 Å². The van der Waals surface area contributed by atoms with Crippen LogP contribution in [0.1, 0.15) is 49.9 Å². The highest BCUT2D eigenvalue weighted by Gasteiger charge is 2.32. The Balaban J connectivity index is 1.39. The number of aryl methyl sites for hydroxylation is 1. The maximum atomic E-state index is 13.8. The average molecular weight is 654 g/mol. The van der Waals surface area contributed by atoms with Crippen molar-refractivity contribution < 1.29 is 31.6 Å². The maximum absolute atomic E-state index is 13.8. The number of benzene rings is 3. The molecule has 0 aliphatic rings. The first-order valence-corrected chi connectivity index (χ1v) is 16.5. The summed E-state index contributed by atoms with van der Waals surface area (Å²) in [6.45, 7) is 6.50. The molecule has 244 valence electrons. The lowest BCUT2D eigenvalue weighted by molar-refractivity contribution is -0.137. The molecule has 0 radical (unpaired) electrons. The van der Waals surface area contributed by atoms with E-state index in [4.69, 9.17) is 9.47 Å². The van der Waals surface area contributed by atoms with Gasteiger partial charge in [-0.25, -0.2) is 4.98 Å². The fraction of sp³-hybridized carbons (Fsp3) is 0.314. The molecule has 0 spiro atoms. The molecule has 0 saturated heterocycles. The topological polar surface area (TPSA) is 82.4 Å². The number of unbranched alkanes of at least 4 members (excludes halogenated alkanes) is 1. The number of nitrogens with zero attached hydrogens (tertiary/aromatic N) is 2. The van der Waals surface area contributed by atoms with Crippen LogP contribution in [0.15, 0.2) is 90.2 Å². The van der Waals surface area contributed by atoms with Crippen molar-refractivity contribution in [1.29, 1.82) is 0 Å². The van der Waals surface area contributed by atoms with Gasteiger partial charge in [-0.15, -0.1) is 0 Å². The number of nitrogens with one attached hydrogen (secondary N) is 1. The van der Waals surface area contributed by atoms with Crippen LogP contribution in [-0.4, -0.2) is 39.5 Å². The summed E-state index contributed by atoms with van der Waals surface area (Å²) in [7, 11) is -1.32. The second kappa shape index (κ2) is 16.9. The minimum atomic E-state index is -4.61. The van der Waals surface area contributed by atoms with Crippen LogP contribution in [-0.2, 0) is 38.8 Å². The SMILES string of the molecule is CCCCOCCOc1ccc(-c2ccc(C(F)(F)F)c(/C=C/C(=O)Nc3ccc([S@@](=O)Cc4cncn4CCC)cc3)c2)cc1. The van der Waals surface area contributed by atoms with E-state index in [9.17, 15) is 22.2 Å². The van der Waals surface area contributed by atoms with Gasteiger partial charge in [0.05, 0.1) is 40.7 Å². The van der Waals surface area contributed by atoms with Gasteiger partial charge in [-0.1, -0.05) is 38.5 Å². The number of amides is 1. The summed E-state index contributed by atoms with van der Waals surface area (Å²) in [5.41, 5.74) is 1.56. The number of hydrogen-bond acceptors (Lipinski definition) is 5. The number of carbonyl (C=O) groups excluding carboxylic acids is 1. The van der Waals surface area contributed by atoms with Crippen LogP contribution in [0.5, 0.6) is 5.75 Å². The lowest BCUT2D eigenvalue weighted by atomic mass is 9.98. The molecule has 0 bridgehead atoms. The summed E-state index contributed by atoms with van der Waals surface area (Å²) >= 11 is 0. The van der Waals surface area contributed by atoms with Crippen LogP contribution in [0, 0.1) is 0 Å². The summed E-state index contributed by atoms with van der Waals surface area (Å²) < 4.78 is 67.5. The normalized spacial score (nSPS) is 12.4. The molecule has 11 heteroatoms. The van der Waals surface area contributed by atoms with Gasteiger partial charge in [0.15, 0.2) is 0 Å². The van der Waals surface area contributed by atoms with Crippen molar-refractivity contribution >= 4 is 28.5 Å². The van der Waals surface area contributed by atoms with Crippen molar-refractivity contribution in [2.75, 3.05) is 25.1 Å². The number of anilines is 1. The van der Waals surface area contributed by atoms with E-state index in [2.05, 4.69) is 24.1 Å². The quantitative estimate of drug-likeness (QED) is 0.0976. The van der Waals surface area contributed by atoms with Gasteiger partial charge in [0, 0.05) is 36.0 Å². The summed E-state index contributed by atoms with van der Waals surface area (Å²) in [5, 5.41) is 2.65. The molecule has 4 aromatic rings. The standard InChI is InChI=1S/C35H38F3N3O4S/c1-3-5-19-44-20-21-45-31-12-6-26(7-13-31)27-8-16-33(35(36,37)38)28(22-27)9-17-34(42)40-29-10-14-32(15-11-29)46(43)24-30-23-39-25-41(30)18-4-2/h6-17,22-23,25H,3-5,18-21,24H2,1-2H3,(H,40,42)/b17-9+/t46-/m0/s1. The number of halogens is 3. The van der Waals surface area contributed by atoms with Gasteiger partial charge in [-0.2, -0.15) is 13.2 Å². The third-order valence-electron chi connectivity index (χ3n) is 7.02. The summed E-state index contributed by atoms with van der Waals surface area (Å²) in [6.07, 6.45) is 4.02. The van der Waals surface area contributed by atoms with Gasteiger partial charge >= 0.3 is 6.18 Å². The van der Waals surface area contributed by atoms with Gasteiger partial charge in [0.25, 0.3) is 0 Å². The lowest BCUT2D eigenvalue weighted by Gasteiger charge is -2.13. The van der Waals surface area contributed by atoms with E-state index in [1.54, 1.807) is 61.1 Å². The Morgan fingerprint density at radius 1 is 0.957 bits per heavy atom. The Morgan fingerprint density at radius 3 is 2.39 bits per heavy atom. The second-order valence-corrected chi connectivity index (χ2v) is 12.0. The van der Waals surface area contributed by atoms with Crippen molar-refractivity contribution in [3.8, 4) is 16.9 Å². The largest absolute Gasteiger partial charge is 0.491 e. The predicted octanol–water partition coefficient (Wildman–Crippen LogP) is 8.13. The van der Waals surface area contributed by atoms with Crippen LogP contribution in [0.2, 0.25) is 0 Å². The number of alkyl halides is 3. The lowest BCUT2D eigenvalue weighted by Crippen LogP contribution is -2.10. The summed E-state index contributed by atoms with van der Waals surface area (Å²) in [5.74, 6) is 0.336. The third-order valence-corrected chi connectivity index (χ3v) is 8.38. The predicted molar refractivity (Wildman–Crippen MR) is 175 cm³/mol. The molecular formula is C35H38F3N3O4S. The Hall–Kier alpha value is -4.22. The number of imidazole rings is 1. The maximum Gasteiger partial charge on any atom is 0.416 e. The van der Waals surface area contributed by atoms with Gasteiger partial charge < -0.3 is 19.4 Å². The average Bonchev–Trinajstić information content (AvgIpc) is 3.48. The highest BCUT2D eigenvalue weighted by atomic mass is 32.2. The molecular weight excluding hydrogens is 615 g/mol. The van der Waals surface area contributed by atoms with Gasteiger partial charge in [-0.3, -0.25) is 9.00 Å². The van der Waals surface area contributed by atoms with E-state index in [0.29, 0.717) is 53.0 Å². The first kappa shape index (κ1) is 34.6. The number of hydrogen-bond donors (Lipinski definition) is 1. The molecule has 7 nitrogen and oxygen atoms in total. The van der Waals surface area contributed by atoms with Crippen molar-refractivity contribution in [2.45, 2.75) is 56.5 Å². The number of aromatic nitrogens is 2. The Labute approximate surface area is 269 Å². The van der Waals surface area contributed by atoms with E-state index < -0.39 is 28.4 Å². The van der Waals surface area contributed by atoms with Crippen molar-refractivity contribution in [3.05, 3.63) is 102 Å². The zero-order valence-electron chi connectivity index (χ0n) is 25.9. The molecule has 0 aliphatic heterocycles. The highest BCUT2D eigenvalue weighted by molar-refractivity contribution is 7.84. The van der Waals surface area contributed by atoms with Crippen molar-refractivity contribution in [3.63, 3.8) is 0 Å². The fourth-order valence-corrected chi connectivity index (χ4v) is 5.73. The van der Waals surface area contributed by atoms with Gasteiger partial charge in [0.1, 0.15) is 12.4 Å².